The maximum Gasteiger partial charge on any atom is 0.223 e. The number of hydrogen-bond acceptors (Lipinski definition) is 3. The molecule has 0 radical (unpaired) electrons. The maximum absolute atomic E-state index is 11.8. The second-order valence-electron chi connectivity index (χ2n) is 5.81. The highest BCUT2D eigenvalue weighted by Crippen LogP contribution is 2.29. The standard InChI is InChI=1S/C15H28N2O2/c1-3-12(4-2)14(17-7-9-19-10-8-17)11-16-15(18)13-5-6-13/h12-14H,3-11H2,1-2H3,(H,16,18). The van der Waals surface area contributed by atoms with Crippen LogP contribution in [0.4, 0.5) is 0 Å². The lowest BCUT2D eigenvalue weighted by Gasteiger charge is -2.38. The van der Waals surface area contributed by atoms with Crippen molar-refractivity contribution in [2.75, 3.05) is 32.8 Å². The van der Waals surface area contributed by atoms with Crippen molar-refractivity contribution >= 4 is 5.91 Å². The smallest absolute Gasteiger partial charge is 0.223 e. The topological polar surface area (TPSA) is 41.6 Å². The Bertz CT molecular complexity index is 282. The quantitative estimate of drug-likeness (QED) is 0.763. The molecule has 1 atom stereocenters. The SMILES string of the molecule is CCC(CC)C(CNC(=O)C1CC1)N1CCOCC1. The van der Waals surface area contributed by atoms with E-state index in [0.29, 0.717) is 17.9 Å². The van der Waals surface area contributed by atoms with E-state index in [2.05, 4.69) is 24.1 Å². The van der Waals surface area contributed by atoms with Crippen LogP contribution in [0.2, 0.25) is 0 Å². The van der Waals surface area contributed by atoms with Crippen molar-refractivity contribution in [3.05, 3.63) is 0 Å². The number of ether oxygens (including phenoxy) is 1. The van der Waals surface area contributed by atoms with Gasteiger partial charge in [-0.15, -0.1) is 0 Å². The second kappa shape index (κ2) is 7.25. The van der Waals surface area contributed by atoms with Crippen molar-refractivity contribution < 1.29 is 9.53 Å². The lowest BCUT2D eigenvalue weighted by Crippen LogP contribution is -2.52. The molecule has 4 heteroatoms. The Morgan fingerprint density at radius 2 is 1.89 bits per heavy atom. The summed E-state index contributed by atoms with van der Waals surface area (Å²) in [5.41, 5.74) is 0. The second-order valence-corrected chi connectivity index (χ2v) is 5.81. The summed E-state index contributed by atoms with van der Waals surface area (Å²) >= 11 is 0. The van der Waals surface area contributed by atoms with Crippen LogP contribution in [-0.4, -0.2) is 49.7 Å². The number of hydrogen-bond donors (Lipinski definition) is 1. The van der Waals surface area contributed by atoms with E-state index in [1.54, 1.807) is 0 Å². The van der Waals surface area contributed by atoms with E-state index in [4.69, 9.17) is 4.74 Å². The van der Waals surface area contributed by atoms with Gasteiger partial charge >= 0.3 is 0 Å². The molecule has 4 nitrogen and oxygen atoms in total. The molecule has 2 rings (SSSR count). The van der Waals surface area contributed by atoms with Crippen LogP contribution in [0.15, 0.2) is 0 Å². The Morgan fingerprint density at radius 1 is 1.26 bits per heavy atom. The Balaban J connectivity index is 1.89. The molecule has 19 heavy (non-hydrogen) atoms. The first kappa shape index (κ1) is 14.8. The van der Waals surface area contributed by atoms with E-state index in [-0.39, 0.29) is 5.91 Å². The minimum atomic E-state index is 0.268. The summed E-state index contributed by atoms with van der Waals surface area (Å²) in [5.74, 6) is 1.24. The van der Waals surface area contributed by atoms with Crippen LogP contribution in [0.3, 0.4) is 0 Å². The van der Waals surface area contributed by atoms with Crippen molar-refractivity contribution in [1.29, 1.82) is 0 Å². The molecule has 1 heterocycles. The number of carbonyl (C=O) groups is 1. The molecule has 110 valence electrons. The molecule has 0 bridgehead atoms. The molecule has 0 aromatic rings. The molecular weight excluding hydrogens is 240 g/mol. The average Bonchev–Trinajstić information content (AvgIpc) is 3.28. The van der Waals surface area contributed by atoms with E-state index in [0.717, 1.165) is 45.7 Å². The van der Waals surface area contributed by atoms with Gasteiger partial charge in [-0.3, -0.25) is 9.69 Å². The van der Waals surface area contributed by atoms with Crippen LogP contribution >= 0.6 is 0 Å². The van der Waals surface area contributed by atoms with E-state index in [9.17, 15) is 4.79 Å². The average molecular weight is 268 g/mol. The summed E-state index contributed by atoms with van der Waals surface area (Å²) in [5, 5.41) is 3.17. The number of morpholine rings is 1. The highest BCUT2D eigenvalue weighted by atomic mass is 16.5. The van der Waals surface area contributed by atoms with Gasteiger partial charge in [0.25, 0.3) is 0 Å². The Hall–Kier alpha value is -0.610. The molecule has 1 aliphatic heterocycles. The molecule has 0 aromatic carbocycles. The Kier molecular flexibility index (Phi) is 5.64. The molecule has 1 aliphatic carbocycles. The number of amides is 1. The molecule has 1 saturated heterocycles. The Morgan fingerprint density at radius 3 is 2.42 bits per heavy atom. The van der Waals surface area contributed by atoms with Gasteiger partial charge in [-0.1, -0.05) is 26.7 Å². The predicted molar refractivity (Wildman–Crippen MR) is 76.0 cm³/mol. The minimum absolute atomic E-state index is 0.268. The molecule has 1 unspecified atom stereocenters. The Labute approximate surface area is 116 Å². The van der Waals surface area contributed by atoms with Gasteiger partial charge in [0.15, 0.2) is 0 Å². The van der Waals surface area contributed by atoms with E-state index < -0.39 is 0 Å². The first-order chi connectivity index (χ1) is 9.26. The summed E-state index contributed by atoms with van der Waals surface area (Å²) in [6.07, 6.45) is 4.52. The fraction of sp³-hybridized carbons (Fsp3) is 0.933. The molecule has 1 N–H and O–H groups in total. The van der Waals surface area contributed by atoms with Crippen LogP contribution in [0, 0.1) is 11.8 Å². The molecule has 2 fully saturated rings. The number of rotatable bonds is 7. The van der Waals surface area contributed by atoms with E-state index in [1.165, 1.54) is 12.8 Å². The molecule has 0 aromatic heterocycles. The number of nitrogens with one attached hydrogen (secondary N) is 1. The van der Waals surface area contributed by atoms with Crippen LogP contribution in [0.5, 0.6) is 0 Å². The molecular formula is C15H28N2O2. The highest BCUT2D eigenvalue weighted by Gasteiger charge is 2.32. The molecule has 2 aliphatic rings. The van der Waals surface area contributed by atoms with Crippen LogP contribution in [0.1, 0.15) is 39.5 Å². The van der Waals surface area contributed by atoms with Gasteiger partial charge in [0.2, 0.25) is 5.91 Å². The fourth-order valence-electron chi connectivity index (χ4n) is 3.03. The monoisotopic (exact) mass is 268 g/mol. The van der Waals surface area contributed by atoms with Crippen molar-refractivity contribution in [3.63, 3.8) is 0 Å². The van der Waals surface area contributed by atoms with Gasteiger partial charge in [-0.25, -0.2) is 0 Å². The lowest BCUT2D eigenvalue weighted by atomic mass is 9.92. The first-order valence-corrected chi connectivity index (χ1v) is 7.85. The maximum atomic E-state index is 11.8. The summed E-state index contributed by atoms with van der Waals surface area (Å²) in [6, 6.07) is 0.474. The van der Waals surface area contributed by atoms with E-state index >= 15 is 0 Å². The van der Waals surface area contributed by atoms with Crippen molar-refractivity contribution in [2.45, 2.75) is 45.6 Å². The van der Waals surface area contributed by atoms with Gasteiger partial charge < -0.3 is 10.1 Å². The van der Waals surface area contributed by atoms with Gasteiger partial charge in [-0.2, -0.15) is 0 Å². The van der Waals surface area contributed by atoms with Gasteiger partial charge in [-0.05, 0) is 18.8 Å². The van der Waals surface area contributed by atoms with Gasteiger partial charge in [0, 0.05) is 31.6 Å². The summed E-state index contributed by atoms with van der Waals surface area (Å²) < 4.78 is 5.44. The zero-order valence-electron chi connectivity index (χ0n) is 12.4. The zero-order chi connectivity index (χ0) is 13.7. The van der Waals surface area contributed by atoms with Crippen molar-refractivity contribution in [2.24, 2.45) is 11.8 Å². The largest absolute Gasteiger partial charge is 0.379 e. The highest BCUT2D eigenvalue weighted by molar-refractivity contribution is 5.80. The van der Waals surface area contributed by atoms with Gasteiger partial charge in [0.05, 0.1) is 13.2 Å². The zero-order valence-corrected chi connectivity index (χ0v) is 12.4. The van der Waals surface area contributed by atoms with Crippen LogP contribution in [-0.2, 0) is 9.53 Å². The normalized spacial score (nSPS) is 22.5. The fourth-order valence-corrected chi connectivity index (χ4v) is 3.03. The lowest BCUT2D eigenvalue weighted by molar-refractivity contribution is -0.122. The van der Waals surface area contributed by atoms with Crippen molar-refractivity contribution in [3.8, 4) is 0 Å². The molecule has 0 spiro atoms. The van der Waals surface area contributed by atoms with E-state index in [1.807, 2.05) is 0 Å². The number of nitrogens with zero attached hydrogens (tertiary/aromatic N) is 1. The van der Waals surface area contributed by atoms with Gasteiger partial charge in [0.1, 0.15) is 0 Å². The summed E-state index contributed by atoms with van der Waals surface area (Å²) in [7, 11) is 0. The van der Waals surface area contributed by atoms with Crippen molar-refractivity contribution in [1.82, 2.24) is 10.2 Å². The minimum Gasteiger partial charge on any atom is -0.379 e. The predicted octanol–water partition coefficient (Wildman–Crippen LogP) is 1.65. The third-order valence-corrected chi connectivity index (χ3v) is 4.54. The first-order valence-electron chi connectivity index (χ1n) is 7.85. The summed E-state index contributed by atoms with van der Waals surface area (Å²) in [6.45, 7) is 8.97. The third-order valence-electron chi connectivity index (χ3n) is 4.54. The molecule has 1 amide bonds. The van der Waals surface area contributed by atoms with Crippen LogP contribution < -0.4 is 5.32 Å². The third kappa shape index (κ3) is 4.18. The molecule has 1 saturated carbocycles. The number of carbonyl (C=O) groups excluding carboxylic acids is 1. The summed E-state index contributed by atoms with van der Waals surface area (Å²) in [4.78, 5) is 14.3. The van der Waals surface area contributed by atoms with Crippen LogP contribution in [0.25, 0.3) is 0 Å².